The SMILES string of the molecule is O=C(COC1CCCCC1)N1CCC(C(=O)O)(c2ccccc2)C1. The Kier molecular flexibility index (Phi) is 5.19. The molecule has 1 atom stereocenters. The Balaban J connectivity index is 1.62. The molecule has 1 amide bonds. The summed E-state index contributed by atoms with van der Waals surface area (Å²) < 4.78 is 5.75. The highest BCUT2D eigenvalue weighted by Gasteiger charge is 2.47. The van der Waals surface area contributed by atoms with Gasteiger partial charge in [-0.1, -0.05) is 49.6 Å². The average Bonchev–Trinajstić information content (AvgIpc) is 3.08. The number of amides is 1. The summed E-state index contributed by atoms with van der Waals surface area (Å²) in [7, 11) is 0. The zero-order valence-electron chi connectivity index (χ0n) is 13.9. The van der Waals surface area contributed by atoms with Crippen molar-refractivity contribution >= 4 is 11.9 Å². The van der Waals surface area contributed by atoms with Crippen LogP contribution < -0.4 is 0 Å². The zero-order chi connectivity index (χ0) is 17.0. The molecule has 0 radical (unpaired) electrons. The molecule has 1 aromatic carbocycles. The number of nitrogens with zero attached hydrogens (tertiary/aromatic N) is 1. The van der Waals surface area contributed by atoms with Gasteiger partial charge < -0.3 is 14.7 Å². The van der Waals surface area contributed by atoms with E-state index in [9.17, 15) is 14.7 Å². The number of carboxylic acid groups (broad SMARTS) is 1. The fourth-order valence-electron chi connectivity index (χ4n) is 3.83. The molecule has 1 heterocycles. The van der Waals surface area contributed by atoms with Crippen LogP contribution in [0.25, 0.3) is 0 Å². The van der Waals surface area contributed by atoms with E-state index in [2.05, 4.69) is 0 Å². The topological polar surface area (TPSA) is 66.8 Å². The Morgan fingerprint density at radius 1 is 1.17 bits per heavy atom. The van der Waals surface area contributed by atoms with Gasteiger partial charge >= 0.3 is 5.97 Å². The molecule has 1 saturated heterocycles. The molecule has 3 rings (SSSR count). The first-order valence-corrected chi connectivity index (χ1v) is 8.80. The molecule has 1 saturated carbocycles. The van der Waals surface area contributed by atoms with Gasteiger partial charge in [-0.05, 0) is 24.8 Å². The number of ether oxygens (including phenoxy) is 1. The first kappa shape index (κ1) is 17.0. The summed E-state index contributed by atoms with van der Waals surface area (Å²) in [4.78, 5) is 26.0. The number of rotatable bonds is 5. The van der Waals surface area contributed by atoms with Gasteiger partial charge in [-0.2, -0.15) is 0 Å². The largest absolute Gasteiger partial charge is 0.481 e. The molecule has 0 spiro atoms. The van der Waals surface area contributed by atoms with Gasteiger partial charge in [0.15, 0.2) is 0 Å². The Labute approximate surface area is 142 Å². The minimum atomic E-state index is -0.998. The van der Waals surface area contributed by atoms with Crippen LogP contribution in [0.4, 0.5) is 0 Å². The van der Waals surface area contributed by atoms with Crippen molar-refractivity contribution in [2.75, 3.05) is 19.7 Å². The molecule has 1 aromatic rings. The molecule has 24 heavy (non-hydrogen) atoms. The fourth-order valence-corrected chi connectivity index (χ4v) is 3.83. The summed E-state index contributed by atoms with van der Waals surface area (Å²) in [5.74, 6) is -0.961. The molecule has 5 heteroatoms. The number of likely N-dealkylation sites (tertiary alicyclic amines) is 1. The first-order valence-electron chi connectivity index (χ1n) is 8.80. The Morgan fingerprint density at radius 2 is 1.88 bits per heavy atom. The highest BCUT2D eigenvalue weighted by molar-refractivity contribution is 5.85. The van der Waals surface area contributed by atoms with Crippen molar-refractivity contribution in [1.82, 2.24) is 4.90 Å². The molecule has 1 N–H and O–H groups in total. The summed E-state index contributed by atoms with van der Waals surface area (Å²) in [5, 5.41) is 9.78. The molecular weight excluding hydrogens is 306 g/mol. The average molecular weight is 331 g/mol. The van der Waals surface area contributed by atoms with E-state index in [1.54, 1.807) is 4.90 Å². The minimum absolute atomic E-state index is 0.0646. The molecule has 130 valence electrons. The van der Waals surface area contributed by atoms with Crippen LogP contribution in [0.3, 0.4) is 0 Å². The van der Waals surface area contributed by atoms with Crippen LogP contribution in [0.15, 0.2) is 30.3 Å². The summed E-state index contributed by atoms with van der Waals surface area (Å²) in [6.45, 7) is 0.752. The number of carbonyl (C=O) groups is 2. The molecule has 1 unspecified atom stereocenters. The van der Waals surface area contributed by atoms with Crippen LogP contribution in [0.5, 0.6) is 0 Å². The van der Waals surface area contributed by atoms with Crippen molar-refractivity contribution in [3.63, 3.8) is 0 Å². The molecular formula is C19H25NO4. The smallest absolute Gasteiger partial charge is 0.316 e. The minimum Gasteiger partial charge on any atom is -0.481 e. The molecule has 0 aromatic heterocycles. The zero-order valence-corrected chi connectivity index (χ0v) is 13.9. The third kappa shape index (κ3) is 3.46. The van der Waals surface area contributed by atoms with E-state index in [1.165, 1.54) is 19.3 Å². The lowest BCUT2D eigenvalue weighted by molar-refractivity contribution is -0.144. The van der Waals surface area contributed by atoms with E-state index in [0.29, 0.717) is 13.0 Å². The highest BCUT2D eigenvalue weighted by atomic mass is 16.5. The normalized spacial score (nSPS) is 24.9. The van der Waals surface area contributed by atoms with Crippen molar-refractivity contribution in [1.29, 1.82) is 0 Å². The van der Waals surface area contributed by atoms with E-state index in [0.717, 1.165) is 18.4 Å². The van der Waals surface area contributed by atoms with Crippen molar-refractivity contribution in [2.24, 2.45) is 0 Å². The van der Waals surface area contributed by atoms with Crippen molar-refractivity contribution in [3.05, 3.63) is 35.9 Å². The Hall–Kier alpha value is -1.88. The van der Waals surface area contributed by atoms with E-state index >= 15 is 0 Å². The van der Waals surface area contributed by atoms with Gasteiger partial charge in [0.1, 0.15) is 12.0 Å². The fraction of sp³-hybridized carbons (Fsp3) is 0.579. The Bertz CT molecular complexity index is 582. The number of hydrogen-bond acceptors (Lipinski definition) is 3. The van der Waals surface area contributed by atoms with E-state index in [4.69, 9.17) is 4.74 Å². The van der Waals surface area contributed by atoms with Gasteiger partial charge in [-0.25, -0.2) is 0 Å². The van der Waals surface area contributed by atoms with Crippen LogP contribution in [-0.2, 0) is 19.7 Å². The number of hydrogen-bond donors (Lipinski definition) is 1. The van der Waals surface area contributed by atoms with Gasteiger partial charge in [0.25, 0.3) is 0 Å². The van der Waals surface area contributed by atoms with Crippen LogP contribution in [0, 0.1) is 0 Å². The third-order valence-corrected chi connectivity index (χ3v) is 5.35. The molecule has 2 aliphatic rings. The van der Waals surface area contributed by atoms with Gasteiger partial charge in [0.05, 0.1) is 6.10 Å². The number of carbonyl (C=O) groups excluding carboxylic acids is 1. The maximum absolute atomic E-state index is 12.4. The number of carboxylic acids is 1. The van der Waals surface area contributed by atoms with Crippen LogP contribution in [-0.4, -0.2) is 47.7 Å². The van der Waals surface area contributed by atoms with Gasteiger partial charge in [-0.3, -0.25) is 9.59 Å². The maximum atomic E-state index is 12.4. The second-order valence-corrected chi connectivity index (χ2v) is 6.89. The maximum Gasteiger partial charge on any atom is 0.316 e. The van der Waals surface area contributed by atoms with Gasteiger partial charge in [-0.15, -0.1) is 0 Å². The molecule has 1 aliphatic heterocycles. The quantitative estimate of drug-likeness (QED) is 0.900. The monoisotopic (exact) mass is 331 g/mol. The van der Waals surface area contributed by atoms with Crippen LogP contribution >= 0.6 is 0 Å². The lowest BCUT2D eigenvalue weighted by Gasteiger charge is -2.26. The summed E-state index contributed by atoms with van der Waals surface area (Å²) >= 11 is 0. The highest BCUT2D eigenvalue weighted by Crippen LogP contribution is 2.35. The summed E-state index contributed by atoms with van der Waals surface area (Å²) in [6.07, 6.45) is 6.26. The first-order chi connectivity index (χ1) is 11.6. The lowest BCUT2D eigenvalue weighted by atomic mass is 9.80. The molecule has 1 aliphatic carbocycles. The third-order valence-electron chi connectivity index (χ3n) is 5.35. The van der Waals surface area contributed by atoms with Gasteiger partial charge in [0, 0.05) is 13.1 Å². The summed E-state index contributed by atoms with van der Waals surface area (Å²) in [6, 6.07) is 9.23. The van der Waals surface area contributed by atoms with Crippen LogP contribution in [0.2, 0.25) is 0 Å². The predicted octanol–water partition coefficient (Wildman–Crippen LogP) is 2.59. The Morgan fingerprint density at radius 3 is 2.54 bits per heavy atom. The predicted molar refractivity (Wildman–Crippen MR) is 89.8 cm³/mol. The molecule has 5 nitrogen and oxygen atoms in total. The van der Waals surface area contributed by atoms with Crippen molar-refractivity contribution < 1.29 is 19.4 Å². The van der Waals surface area contributed by atoms with Crippen LogP contribution in [0.1, 0.15) is 44.1 Å². The standard InChI is InChI=1S/C19H25NO4/c21-17(13-24-16-9-5-2-6-10-16)20-12-11-19(14-20,18(22)23)15-7-3-1-4-8-15/h1,3-4,7-8,16H,2,5-6,9-14H2,(H,22,23). The van der Waals surface area contributed by atoms with E-state index in [1.807, 2.05) is 30.3 Å². The van der Waals surface area contributed by atoms with E-state index < -0.39 is 11.4 Å². The second-order valence-electron chi connectivity index (χ2n) is 6.89. The molecule has 2 fully saturated rings. The number of aliphatic carboxylic acids is 1. The van der Waals surface area contributed by atoms with Crippen molar-refractivity contribution in [3.8, 4) is 0 Å². The summed E-state index contributed by atoms with van der Waals surface area (Å²) in [5.41, 5.74) is -0.233. The van der Waals surface area contributed by atoms with E-state index in [-0.39, 0.29) is 25.2 Å². The van der Waals surface area contributed by atoms with Gasteiger partial charge in [0.2, 0.25) is 5.91 Å². The molecule has 0 bridgehead atoms. The number of benzene rings is 1. The van der Waals surface area contributed by atoms with Crippen molar-refractivity contribution in [2.45, 2.75) is 50.0 Å². The lowest BCUT2D eigenvalue weighted by Crippen LogP contribution is -2.41. The second kappa shape index (κ2) is 7.34.